The Hall–Kier alpha value is -3.06. The minimum Gasteiger partial charge on any atom is -0.508 e. The number of nitrogens with one attached hydrogen (secondary N) is 1. The van der Waals surface area contributed by atoms with Gasteiger partial charge in [-0.05, 0) is 48.0 Å². The number of thioether (sulfide) groups is 1. The zero-order valence-corrected chi connectivity index (χ0v) is 13.9. The summed E-state index contributed by atoms with van der Waals surface area (Å²) in [6.45, 7) is 1.82. The maximum absolute atomic E-state index is 11.7. The van der Waals surface area contributed by atoms with E-state index in [-0.39, 0.29) is 5.75 Å². The third-order valence-electron chi connectivity index (χ3n) is 3.86. The second-order valence-corrected chi connectivity index (χ2v) is 6.62. The number of rotatable bonds is 2. The third-order valence-corrected chi connectivity index (χ3v) is 4.68. The molecular formula is C18H12N2O4S. The van der Waals surface area contributed by atoms with Gasteiger partial charge in [0.1, 0.15) is 17.1 Å². The number of aromatic nitrogens is 1. The van der Waals surface area contributed by atoms with Crippen LogP contribution in [0.1, 0.15) is 11.3 Å². The molecule has 2 amide bonds. The maximum atomic E-state index is 11.7. The number of carbonyl (C=O) groups is 2. The molecule has 2 aromatic heterocycles. The topological polar surface area (TPSA) is 92.4 Å². The van der Waals surface area contributed by atoms with Gasteiger partial charge in [-0.15, -0.1) is 0 Å². The van der Waals surface area contributed by atoms with Crippen LogP contribution in [0.3, 0.4) is 0 Å². The van der Waals surface area contributed by atoms with Gasteiger partial charge in [-0.1, -0.05) is 6.07 Å². The van der Waals surface area contributed by atoms with Gasteiger partial charge in [0.25, 0.3) is 11.1 Å². The minimum atomic E-state index is -0.428. The van der Waals surface area contributed by atoms with Crippen molar-refractivity contribution in [2.24, 2.45) is 0 Å². The van der Waals surface area contributed by atoms with E-state index >= 15 is 0 Å². The highest BCUT2D eigenvalue weighted by Crippen LogP contribution is 2.34. The summed E-state index contributed by atoms with van der Waals surface area (Å²) in [4.78, 5) is 27.4. The predicted molar refractivity (Wildman–Crippen MR) is 95.0 cm³/mol. The Balaban J connectivity index is 1.81. The largest absolute Gasteiger partial charge is 0.508 e. The Kier molecular flexibility index (Phi) is 3.58. The van der Waals surface area contributed by atoms with Crippen molar-refractivity contribution < 1.29 is 19.1 Å². The summed E-state index contributed by atoms with van der Waals surface area (Å²) < 4.78 is 5.89. The van der Waals surface area contributed by atoms with Crippen molar-refractivity contribution in [1.29, 1.82) is 0 Å². The molecule has 1 saturated heterocycles. The van der Waals surface area contributed by atoms with Crippen molar-refractivity contribution in [2.45, 2.75) is 6.92 Å². The Morgan fingerprint density at radius 1 is 1.24 bits per heavy atom. The molecule has 6 nitrogen and oxygen atoms in total. The van der Waals surface area contributed by atoms with Gasteiger partial charge >= 0.3 is 0 Å². The smallest absolute Gasteiger partial charge is 0.290 e. The monoisotopic (exact) mass is 352 g/mol. The van der Waals surface area contributed by atoms with Gasteiger partial charge in [0, 0.05) is 29.4 Å². The van der Waals surface area contributed by atoms with Crippen LogP contribution < -0.4 is 5.32 Å². The van der Waals surface area contributed by atoms with Crippen LogP contribution in [-0.2, 0) is 4.79 Å². The third kappa shape index (κ3) is 2.78. The SMILES string of the molecule is Cc1cc(-c2cncc3cc(C=C4SC(=O)NC4=O)oc23)ccc1O. The van der Waals surface area contributed by atoms with E-state index in [0.29, 0.717) is 16.2 Å². The lowest BCUT2D eigenvalue weighted by atomic mass is 10.0. The fraction of sp³-hybridized carbons (Fsp3) is 0.0556. The number of carbonyl (C=O) groups excluding carboxylic acids is 2. The normalized spacial score (nSPS) is 16.0. The summed E-state index contributed by atoms with van der Waals surface area (Å²) in [5.74, 6) is 0.262. The van der Waals surface area contributed by atoms with E-state index in [9.17, 15) is 14.7 Å². The molecule has 1 fully saturated rings. The molecule has 0 saturated carbocycles. The zero-order valence-electron chi connectivity index (χ0n) is 13.1. The first kappa shape index (κ1) is 15.5. The number of fused-ring (bicyclic) bond motifs is 1. The van der Waals surface area contributed by atoms with Gasteiger partial charge in [0.2, 0.25) is 0 Å². The molecule has 3 heterocycles. The lowest BCUT2D eigenvalue weighted by Gasteiger charge is -2.05. The highest BCUT2D eigenvalue weighted by Gasteiger charge is 2.25. The van der Waals surface area contributed by atoms with Crippen LogP contribution in [0.25, 0.3) is 28.2 Å². The number of phenolic OH excluding ortho intramolecular Hbond substituents is 1. The Morgan fingerprint density at radius 2 is 2.08 bits per heavy atom. The summed E-state index contributed by atoms with van der Waals surface area (Å²) in [5, 5.41) is 12.3. The zero-order chi connectivity index (χ0) is 17.6. The number of furan rings is 1. The first-order valence-electron chi connectivity index (χ1n) is 7.43. The summed E-state index contributed by atoms with van der Waals surface area (Å²) in [6, 6.07) is 7.03. The second kappa shape index (κ2) is 5.78. The van der Waals surface area contributed by atoms with E-state index in [1.807, 2.05) is 13.0 Å². The Labute approximate surface area is 146 Å². The molecule has 1 aliphatic rings. The van der Waals surface area contributed by atoms with Gasteiger partial charge in [0.05, 0.1) is 4.91 Å². The van der Waals surface area contributed by atoms with E-state index in [1.165, 1.54) is 6.08 Å². The van der Waals surface area contributed by atoms with Gasteiger partial charge in [0.15, 0.2) is 0 Å². The molecule has 0 atom stereocenters. The van der Waals surface area contributed by atoms with Gasteiger partial charge < -0.3 is 9.52 Å². The number of aromatic hydroxyl groups is 1. The molecule has 0 unspecified atom stereocenters. The molecule has 7 heteroatoms. The summed E-state index contributed by atoms with van der Waals surface area (Å²) in [6.07, 6.45) is 4.90. The molecule has 2 N–H and O–H groups in total. The Morgan fingerprint density at radius 3 is 2.80 bits per heavy atom. The van der Waals surface area contributed by atoms with Crippen molar-refractivity contribution in [3.05, 3.63) is 52.9 Å². The van der Waals surface area contributed by atoms with Crippen LogP contribution in [-0.4, -0.2) is 21.2 Å². The highest BCUT2D eigenvalue weighted by molar-refractivity contribution is 8.18. The van der Waals surface area contributed by atoms with E-state index in [1.54, 1.807) is 30.6 Å². The number of pyridine rings is 1. The lowest BCUT2D eigenvalue weighted by Crippen LogP contribution is -2.17. The van der Waals surface area contributed by atoms with Crippen molar-refractivity contribution in [3.8, 4) is 16.9 Å². The number of amides is 2. The number of nitrogens with zero attached hydrogens (tertiary/aromatic N) is 1. The number of imide groups is 1. The van der Waals surface area contributed by atoms with Gasteiger partial charge in [-0.2, -0.15) is 0 Å². The van der Waals surface area contributed by atoms with Crippen molar-refractivity contribution in [2.75, 3.05) is 0 Å². The lowest BCUT2D eigenvalue weighted by molar-refractivity contribution is -0.115. The number of phenols is 1. The summed E-state index contributed by atoms with van der Waals surface area (Å²) >= 11 is 0.841. The first-order valence-corrected chi connectivity index (χ1v) is 8.25. The molecular weight excluding hydrogens is 340 g/mol. The van der Waals surface area contributed by atoms with E-state index < -0.39 is 11.1 Å². The molecule has 25 heavy (non-hydrogen) atoms. The molecule has 4 rings (SSSR count). The average molecular weight is 352 g/mol. The fourth-order valence-corrected chi connectivity index (χ4v) is 3.29. The molecule has 0 spiro atoms. The predicted octanol–water partition coefficient (Wildman–Crippen LogP) is 3.83. The maximum Gasteiger partial charge on any atom is 0.290 e. The van der Waals surface area contributed by atoms with Gasteiger partial charge in [-0.25, -0.2) is 0 Å². The van der Waals surface area contributed by atoms with Crippen LogP contribution >= 0.6 is 11.8 Å². The second-order valence-electron chi connectivity index (χ2n) is 5.61. The number of hydrogen-bond acceptors (Lipinski definition) is 6. The summed E-state index contributed by atoms with van der Waals surface area (Å²) in [7, 11) is 0. The molecule has 1 aliphatic heterocycles. The van der Waals surface area contributed by atoms with E-state index in [0.717, 1.165) is 33.8 Å². The number of hydrogen-bond donors (Lipinski definition) is 2. The van der Waals surface area contributed by atoms with Crippen molar-refractivity contribution >= 4 is 40.0 Å². The Bertz CT molecular complexity index is 1070. The molecule has 0 bridgehead atoms. The standard InChI is InChI=1S/C18H12N2O4S/c1-9-4-10(2-3-14(9)21)13-8-19-7-11-5-12(24-16(11)13)6-15-17(22)20-18(23)25-15/h2-8,21H,1H3,(H,20,22,23). The number of benzene rings is 1. The van der Waals surface area contributed by atoms with Crippen molar-refractivity contribution in [1.82, 2.24) is 10.3 Å². The van der Waals surface area contributed by atoms with Crippen LogP contribution in [0.2, 0.25) is 0 Å². The highest BCUT2D eigenvalue weighted by atomic mass is 32.2. The van der Waals surface area contributed by atoms with Crippen LogP contribution in [0.15, 0.2) is 46.0 Å². The van der Waals surface area contributed by atoms with Crippen LogP contribution in [0, 0.1) is 6.92 Å². The molecule has 3 aromatic rings. The molecule has 0 radical (unpaired) electrons. The van der Waals surface area contributed by atoms with Crippen LogP contribution in [0.4, 0.5) is 4.79 Å². The number of aryl methyl sites for hydroxylation is 1. The van der Waals surface area contributed by atoms with Gasteiger partial charge in [-0.3, -0.25) is 19.9 Å². The van der Waals surface area contributed by atoms with E-state index in [4.69, 9.17) is 4.42 Å². The first-order chi connectivity index (χ1) is 12.0. The fourth-order valence-electron chi connectivity index (χ4n) is 2.63. The minimum absolute atomic E-state index is 0.225. The van der Waals surface area contributed by atoms with Crippen LogP contribution in [0.5, 0.6) is 5.75 Å². The summed E-state index contributed by atoms with van der Waals surface area (Å²) in [5.41, 5.74) is 3.03. The molecule has 124 valence electrons. The quantitative estimate of drug-likeness (QED) is 0.681. The average Bonchev–Trinajstić information content (AvgIpc) is 3.12. The van der Waals surface area contributed by atoms with E-state index in [2.05, 4.69) is 10.3 Å². The molecule has 1 aromatic carbocycles. The van der Waals surface area contributed by atoms with Crippen molar-refractivity contribution in [3.63, 3.8) is 0 Å². The molecule has 0 aliphatic carbocycles.